The summed E-state index contributed by atoms with van der Waals surface area (Å²) in [5.41, 5.74) is -1.17. The molecule has 0 bridgehead atoms. The lowest BCUT2D eigenvalue weighted by Crippen LogP contribution is -2.52. The predicted octanol–water partition coefficient (Wildman–Crippen LogP) is 1.71. The third-order valence-electron chi connectivity index (χ3n) is 5.83. The molecule has 2 fully saturated rings. The smallest absolute Gasteiger partial charge is 0.334 e. The Morgan fingerprint density at radius 1 is 1.24 bits per heavy atom. The molecule has 0 aromatic heterocycles. The highest BCUT2D eigenvalue weighted by Gasteiger charge is 2.60. The van der Waals surface area contributed by atoms with Gasteiger partial charge in [-0.25, -0.2) is 13.2 Å². The van der Waals surface area contributed by atoms with E-state index in [2.05, 4.69) is 5.32 Å². The topological polar surface area (TPSA) is 101 Å². The molecule has 2 atom stereocenters. The monoisotopic (exact) mass is 365 g/mol. The van der Waals surface area contributed by atoms with Crippen LogP contribution < -0.4 is 5.32 Å². The largest absolute Gasteiger partial charge is 0.479 e. The summed E-state index contributed by atoms with van der Waals surface area (Å²) in [6, 6.07) is 8.70. The van der Waals surface area contributed by atoms with E-state index in [0.29, 0.717) is 24.8 Å². The van der Waals surface area contributed by atoms with E-state index in [1.54, 1.807) is 37.3 Å². The second kappa shape index (κ2) is 6.12. The van der Waals surface area contributed by atoms with Gasteiger partial charge >= 0.3 is 5.97 Å². The molecular weight excluding hydrogens is 342 g/mol. The number of carbonyl (C=O) groups excluding carboxylic acids is 1. The third-order valence-corrected chi connectivity index (χ3v) is 7.48. The van der Waals surface area contributed by atoms with E-state index in [-0.39, 0.29) is 35.2 Å². The van der Waals surface area contributed by atoms with Gasteiger partial charge in [-0.2, -0.15) is 0 Å². The minimum Gasteiger partial charge on any atom is -0.479 e. The highest BCUT2D eigenvalue weighted by atomic mass is 32.2. The van der Waals surface area contributed by atoms with Crippen molar-refractivity contribution >= 4 is 21.7 Å². The first-order chi connectivity index (χ1) is 11.7. The SMILES string of the molecule is CCC(NC(=O)C1CC12CCS(=O)(=O)CC2)(C(=O)O)c1ccccc1. The summed E-state index contributed by atoms with van der Waals surface area (Å²) in [4.78, 5) is 24.8. The van der Waals surface area contributed by atoms with E-state index in [9.17, 15) is 23.1 Å². The number of hydrogen-bond acceptors (Lipinski definition) is 4. The molecule has 1 amide bonds. The Balaban J connectivity index is 1.78. The normalized spacial score (nSPS) is 25.7. The third kappa shape index (κ3) is 3.17. The molecule has 2 unspecified atom stereocenters. The predicted molar refractivity (Wildman–Crippen MR) is 92.6 cm³/mol. The van der Waals surface area contributed by atoms with Crippen molar-refractivity contribution in [2.45, 2.75) is 38.1 Å². The average molecular weight is 365 g/mol. The molecule has 1 spiro atoms. The molecular formula is C18H23NO5S. The number of carbonyl (C=O) groups is 2. The molecule has 136 valence electrons. The fourth-order valence-electron chi connectivity index (χ4n) is 3.93. The fourth-order valence-corrected chi connectivity index (χ4v) is 5.57. The lowest BCUT2D eigenvalue weighted by molar-refractivity contribution is -0.148. The van der Waals surface area contributed by atoms with Crippen LogP contribution >= 0.6 is 0 Å². The summed E-state index contributed by atoms with van der Waals surface area (Å²) >= 11 is 0. The van der Waals surface area contributed by atoms with Crippen molar-refractivity contribution in [2.75, 3.05) is 11.5 Å². The van der Waals surface area contributed by atoms with Gasteiger partial charge < -0.3 is 10.4 Å². The molecule has 1 aromatic carbocycles. The van der Waals surface area contributed by atoms with Gasteiger partial charge in [0.05, 0.1) is 11.5 Å². The lowest BCUT2D eigenvalue weighted by atomic mass is 9.86. The summed E-state index contributed by atoms with van der Waals surface area (Å²) in [5.74, 6) is -1.43. The van der Waals surface area contributed by atoms with Gasteiger partial charge in [0.2, 0.25) is 5.91 Å². The molecule has 6 nitrogen and oxygen atoms in total. The summed E-state index contributed by atoms with van der Waals surface area (Å²) in [5, 5.41) is 12.6. The van der Waals surface area contributed by atoms with Crippen LogP contribution in [0.1, 0.15) is 38.2 Å². The zero-order valence-corrected chi connectivity index (χ0v) is 15.0. The Labute approximate surface area is 147 Å². The van der Waals surface area contributed by atoms with Crippen LogP contribution in [-0.2, 0) is 25.0 Å². The summed E-state index contributed by atoms with van der Waals surface area (Å²) in [7, 11) is -2.98. The van der Waals surface area contributed by atoms with Crippen LogP contribution in [0.25, 0.3) is 0 Å². The van der Waals surface area contributed by atoms with Crippen LogP contribution in [0.15, 0.2) is 30.3 Å². The van der Waals surface area contributed by atoms with Gasteiger partial charge in [-0.1, -0.05) is 37.3 Å². The number of carboxylic acid groups (broad SMARTS) is 1. The zero-order chi connectivity index (χ0) is 18.3. The molecule has 0 radical (unpaired) electrons. The minimum absolute atomic E-state index is 0.118. The minimum atomic E-state index is -2.98. The maximum Gasteiger partial charge on any atom is 0.334 e. The van der Waals surface area contributed by atoms with Gasteiger partial charge in [0, 0.05) is 5.92 Å². The van der Waals surface area contributed by atoms with Crippen molar-refractivity contribution in [3.05, 3.63) is 35.9 Å². The van der Waals surface area contributed by atoms with Crippen molar-refractivity contribution in [3.63, 3.8) is 0 Å². The zero-order valence-electron chi connectivity index (χ0n) is 14.2. The number of aliphatic carboxylic acids is 1. The Morgan fingerprint density at radius 2 is 1.84 bits per heavy atom. The number of hydrogen-bond donors (Lipinski definition) is 2. The van der Waals surface area contributed by atoms with Crippen LogP contribution in [0.4, 0.5) is 0 Å². The van der Waals surface area contributed by atoms with Gasteiger partial charge in [0.15, 0.2) is 5.54 Å². The van der Waals surface area contributed by atoms with Crippen LogP contribution in [0.5, 0.6) is 0 Å². The molecule has 1 aliphatic carbocycles. The molecule has 7 heteroatoms. The molecule has 2 N–H and O–H groups in total. The van der Waals surface area contributed by atoms with Crippen molar-refractivity contribution < 1.29 is 23.1 Å². The van der Waals surface area contributed by atoms with Crippen molar-refractivity contribution in [1.29, 1.82) is 0 Å². The number of nitrogens with one attached hydrogen (secondary N) is 1. The van der Waals surface area contributed by atoms with Crippen molar-refractivity contribution in [3.8, 4) is 0 Å². The van der Waals surface area contributed by atoms with Crippen molar-refractivity contribution in [1.82, 2.24) is 5.32 Å². The number of amides is 1. The second-order valence-corrected chi connectivity index (χ2v) is 9.49. The first-order valence-corrected chi connectivity index (χ1v) is 10.4. The summed E-state index contributed by atoms with van der Waals surface area (Å²) in [6.45, 7) is 1.73. The highest BCUT2D eigenvalue weighted by Crippen LogP contribution is 2.60. The van der Waals surface area contributed by atoms with Gasteiger partial charge in [-0.05, 0) is 36.7 Å². The average Bonchev–Trinajstić information content (AvgIpc) is 3.31. The number of benzene rings is 1. The van der Waals surface area contributed by atoms with Crippen LogP contribution in [-0.4, -0.2) is 36.9 Å². The number of sulfone groups is 1. The van der Waals surface area contributed by atoms with E-state index in [4.69, 9.17) is 0 Å². The first-order valence-electron chi connectivity index (χ1n) is 8.56. The Hall–Kier alpha value is -1.89. The Morgan fingerprint density at radius 3 is 2.36 bits per heavy atom. The molecule has 1 saturated carbocycles. The number of rotatable bonds is 5. The first kappa shape index (κ1) is 17.9. The second-order valence-electron chi connectivity index (χ2n) is 7.19. The molecule has 1 saturated heterocycles. The molecule has 1 aliphatic heterocycles. The molecule has 1 aromatic rings. The van der Waals surface area contributed by atoms with E-state index >= 15 is 0 Å². The van der Waals surface area contributed by atoms with Crippen LogP contribution in [0.2, 0.25) is 0 Å². The van der Waals surface area contributed by atoms with Gasteiger partial charge in [-0.15, -0.1) is 0 Å². The van der Waals surface area contributed by atoms with Gasteiger partial charge in [0.25, 0.3) is 0 Å². The lowest BCUT2D eigenvalue weighted by Gasteiger charge is -2.31. The van der Waals surface area contributed by atoms with E-state index in [1.165, 1.54) is 0 Å². The van der Waals surface area contributed by atoms with Crippen LogP contribution in [0.3, 0.4) is 0 Å². The quantitative estimate of drug-likeness (QED) is 0.827. The van der Waals surface area contributed by atoms with E-state index in [0.717, 1.165) is 0 Å². The van der Waals surface area contributed by atoms with Crippen LogP contribution in [0, 0.1) is 11.3 Å². The van der Waals surface area contributed by atoms with Gasteiger partial charge in [0.1, 0.15) is 9.84 Å². The maximum absolute atomic E-state index is 12.8. The Bertz CT molecular complexity index is 775. The van der Waals surface area contributed by atoms with E-state index in [1.807, 2.05) is 0 Å². The molecule has 3 rings (SSSR count). The number of carboxylic acids is 1. The molecule has 2 aliphatic rings. The Kier molecular flexibility index (Phi) is 4.39. The maximum atomic E-state index is 12.8. The van der Waals surface area contributed by atoms with E-state index < -0.39 is 21.3 Å². The van der Waals surface area contributed by atoms with Crippen molar-refractivity contribution in [2.24, 2.45) is 11.3 Å². The summed E-state index contributed by atoms with van der Waals surface area (Å²) < 4.78 is 23.2. The standard InChI is InChI=1S/C18H23NO5S/c1-2-18(16(21)22,13-6-4-3-5-7-13)19-15(20)14-12-17(14)8-10-25(23,24)11-9-17/h3-7,14H,2,8-12H2,1H3,(H,19,20)(H,21,22). The highest BCUT2D eigenvalue weighted by molar-refractivity contribution is 7.91. The summed E-state index contributed by atoms with van der Waals surface area (Å²) in [6.07, 6.45) is 1.85. The molecule has 1 heterocycles. The van der Waals surface area contributed by atoms with Gasteiger partial charge in [-0.3, -0.25) is 4.79 Å². The molecule has 25 heavy (non-hydrogen) atoms. The fraction of sp³-hybridized carbons (Fsp3) is 0.556.